The quantitative estimate of drug-likeness (QED) is 0.165. The molecule has 21 heteroatoms. The largest absolute Gasteiger partial charge is 0.456 e. The Balaban J connectivity index is 1.53. The molecule has 5 aliphatic heterocycles. The lowest BCUT2D eigenvalue weighted by molar-refractivity contribution is 0.541. The summed E-state index contributed by atoms with van der Waals surface area (Å²) in [7, 11) is 0. The number of allylic oxidation sites excluding steroid dienone is 5. The Kier molecular flexibility index (Phi) is 20.6. The number of hydrogen-bond acceptors (Lipinski definition) is 21. The highest BCUT2D eigenvalue weighted by Crippen LogP contribution is 2.65. The maximum atomic E-state index is 7.26. The monoisotopic (exact) mass is 1100 g/mol. The predicted molar refractivity (Wildman–Crippen MR) is 302 cm³/mol. The van der Waals surface area contributed by atoms with Crippen molar-refractivity contribution in [3.8, 4) is 0 Å². The van der Waals surface area contributed by atoms with Crippen molar-refractivity contribution in [3.63, 3.8) is 0 Å². The average molecular weight is 1100 g/mol. The molecule has 1 aromatic heterocycles. The van der Waals surface area contributed by atoms with Crippen LogP contribution in [0.25, 0.3) is 11.1 Å². The zero-order chi connectivity index (χ0) is 39.2. The first-order chi connectivity index (χ1) is 26.8. The summed E-state index contributed by atoms with van der Waals surface area (Å²) >= 11 is 37.4. The standard InChI is InChI=1S/C34H34OS20/c1-36-25-26(37-2)47-19(46-25)13-15(22-50-29(40-5)30(41-6)51-22)17-11-12-18(35-17)21(24-54-33(44-9)34(45-10)55-24)16(23-52-31(42-7)32(43-8)53-23)14-20-48-27(38-3)28(39-4)49-20/h11-14H,1-10H3. The molecule has 0 unspecified atom stereocenters. The van der Waals surface area contributed by atoms with Crippen LogP contribution in [-0.2, 0) is 0 Å². The Bertz CT molecular complexity index is 1930. The van der Waals surface area contributed by atoms with E-state index >= 15 is 0 Å². The van der Waals surface area contributed by atoms with Crippen LogP contribution in [0.3, 0.4) is 0 Å². The zero-order valence-electron chi connectivity index (χ0n) is 30.9. The second-order valence-electron chi connectivity index (χ2n) is 10.1. The fourth-order valence-corrected chi connectivity index (χ4v) is 29.7. The number of rotatable bonds is 15. The molecule has 0 N–H and O–H groups in total. The van der Waals surface area contributed by atoms with Gasteiger partial charge in [-0.05, 0) is 86.8 Å². The Morgan fingerprint density at radius 3 is 1.07 bits per heavy atom. The zero-order valence-corrected chi connectivity index (χ0v) is 47.2. The summed E-state index contributed by atoms with van der Waals surface area (Å²) in [4.78, 5) is 0. The summed E-state index contributed by atoms with van der Waals surface area (Å²) in [5.41, 5.74) is 3.59. The summed E-state index contributed by atoms with van der Waals surface area (Å²) in [5, 5.41) is 0. The van der Waals surface area contributed by atoms with Gasteiger partial charge < -0.3 is 4.42 Å². The minimum Gasteiger partial charge on any atom is -0.456 e. The lowest BCUT2D eigenvalue weighted by Gasteiger charge is -2.15. The normalized spacial score (nSPS) is 19.3. The lowest BCUT2D eigenvalue weighted by atomic mass is 10.1. The van der Waals surface area contributed by atoms with Gasteiger partial charge in [0.05, 0.1) is 63.6 Å². The highest BCUT2D eigenvalue weighted by Gasteiger charge is 2.34. The first-order valence-corrected chi connectivity index (χ1v) is 35.8. The van der Waals surface area contributed by atoms with Crippen LogP contribution >= 0.6 is 235 Å². The molecule has 6 rings (SSSR count). The van der Waals surface area contributed by atoms with Crippen molar-refractivity contribution in [1.82, 2.24) is 0 Å². The minimum absolute atomic E-state index is 0.913. The van der Waals surface area contributed by atoms with Gasteiger partial charge in [0.1, 0.15) is 11.5 Å². The third kappa shape index (κ3) is 11.5. The van der Waals surface area contributed by atoms with Gasteiger partial charge in [-0.1, -0.05) is 118 Å². The van der Waals surface area contributed by atoms with E-state index in [1.165, 1.54) is 74.7 Å². The van der Waals surface area contributed by atoms with Crippen molar-refractivity contribution in [2.45, 2.75) is 0 Å². The first-order valence-electron chi connectivity index (χ1n) is 15.4. The van der Waals surface area contributed by atoms with Gasteiger partial charge in [-0.2, -0.15) is 0 Å². The van der Waals surface area contributed by atoms with Gasteiger partial charge in [0.25, 0.3) is 0 Å². The molecule has 0 bridgehead atoms. The van der Waals surface area contributed by atoms with Crippen molar-refractivity contribution in [1.29, 1.82) is 0 Å². The van der Waals surface area contributed by atoms with Gasteiger partial charge in [0.2, 0.25) is 0 Å². The summed E-state index contributed by atoms with van der Waals surface area (Å²) in [6.45, 7) is 0. The molecular formula is C34H34OS20. The lowest BCUT2D eigenvalue weighted by Crippen LogP contribution is -1.92. The topological polar surface area (TPSA) is 13.1 Å². The molecule has 0 spiro atoms. The summed E-state index contributed by atoms with van der Waals surface area (Å²) in [5.74, 6) is 1.83. The minimum atomic E-state index is 0.913. The maximum Gasteiger partial charge on any atom is 0.137 e. The molecule has 5 aliphatic rings. The van der Waals surface area contributed by atoms with E-state index in [0.717, 1.165) is 17.1 Å². The number of hydrogen-bond donors (Lipinski definition) is 0. The van der Waals surface area contributed by atoms with Crippen molar-refractivity contribution in [3.05, 3.63) is 105 Å². The highest BCUT2D eigenvalue weighted by molar-refractivity contribution is 8.43. The van der Waals surface area contributed by atoms with Crippen LogP contribution in [0.1, 0.15) is 11.5 Å². The molecule has 296 valence electrons. The molecule has 0 amide bonds. The van der Waals surface area contributed by atoms with Crippen LogP contribution in [0.15, 0.2) is 97.8 Å². The van der Waals surface area contributed by atoms with Crippen LogP contribution in [0.2, 0.25) is 0 Å². The van der Waals surface area contributed by atoms with Gasteiger partial charge in [0.15, 0.2) is 0 Å². The predicted octanol–water partition coefficient (Wildman–Crippen LogP) is 19.2. The van der Waals surface area contributed by atoms with Gasteiger partial charge in [-0.15, -0.1) is 118 Å². The molecule has 0 saturated heterocycles. The Morgan fingerprint density at radius 2 is 0.691 bits per heavy atom. The molecule has 6 heterocycles. The fourth-order valence-electron chi connectivity index (χ4n) is 4.74. The van der Waals surface area contributed by atoms with Crippen LogP contribution in [0, 0.1) is 0 Å². The van der Waals surface area contributed by atoms with Crippen molar-refractivity contribution in [2.75, 3.05) is 62.6 Å². The summed E-state index contributed by atoms with van der Waals surface area (Å²) in [6.07, 6.45) is 26.8. The number of thioether (sulfide) groups is 20. The van der Waals surface area contributed by atoms with E-state index in [9.17, 15) is 0 Å². The molecule has 0 fully saturated rings. The molecule has 1 nitrogen and oxygen atoms in total. The summed E-state index contributed by atoms with van der Waals surface area (Å²) in [6, 6.07) is 4.46. The van der Waals surface area contributed by atoms with E-state index in [4.69, 9.17) is 4.42 Å². The second-order valence-corrected chi connectivity index (χ2v) is 32.5. The molecule has 55 heavy (non-hydrogen) atoms. The fraction of sp³-hybridized carbons (Fsp3) is 0.294. The van der Waals surface area contributed by atoms with E-state index in [1.807, 2.05) is 235 Å². The van der Waals surface area contributed by atoms with Crippen molar-refractivity contribution in [2.24, 2.45) is 0 Å². The molecular weight excluding hydrogens is 1070 g/mol. The average Bonchev–Trinajstić information content (AvgIpc) is 4.07. The summed E-state index contributed by atoms with van der Waals surface area (Å²) < 4.78 is 27.4. The molecule has 0 atom stereocenters. The molecule has 0 radical (unpaired) electrons. The smallest absolute Gasteiger partial charge is 0.137 e. The molecule has 1 aromatic rings. The van der Waals surface area contributed by atoms with E-state index in [2.05, 4.69) is 86.8 Å². The van der Waals surface area contributed by atoms with E-state index < -0.39 is 0 Å². The maximum absolute atomic E-state index is 7.26. The molecule has 0 aromatic carbocycles. The molecule has 0 aliphatic carbocycles. The van der Waals surface area contributed by atoms with Crippen LogP contribution < -0.4 is 0 Å². The Labute approximate surface area is 412 Å². The van der Waals surface area contributed by atoms with E-state index in [1.54, 1.807) is 0 Å². The van der Waals surface area contributed by atoms with Gasteiger partial charge in [0, 0.05) is 16.7 Å². The van der Waals surface area contributed by atoms with Crippen LogP contribution in [0.4, 0.5) is 0 Å². The van der Waals surface area contributed by atoms with Gasteiger partial charge in [-0.3, -0.25) is 0 Å². The van der Waals surface area contributed by atoms with E-state index in [0.29, 0.717) is 0 Å². The Morgan fingerprint density at radius 1 is 0.382 bits per heavy atom. The van der Waals surface area contributed by atoms with Crippen LogP contribution in [-0.4, -0.2) is 62.6 Å². The first kappa shape index (κ1) is 48.1. The highest BCUT2D eigenvalue weighted by atomic mass is 32.3. The third-order valence-corrected chi connectivity index (χ3v) is 33.0. The van der Waals surface area contributed by atoms with Gasteiger partial charge in [-0.25, -0.2) is 0 Å². The van der Waals surface area contributed by atoms with E-state index in [-0.39, 0.29) is 0 Å². The van der Waals surface area contributed by atoms with Crippen molar-refractivity contribution < 1.29 is 4.42 Å². The Hall–Kier alpha value is 3.68. The van der Waals surface area contributed by atoms with Crippen LogP contribution in [0.5, 0.6) is 0 Å². The second kappa shape index (κ2) is 23.6. The number of furan rings is 1. The SMILES string of the molecule is CSC1=C(SC)SC(=CC(=C2SC(SC)=C(SC)S2)C(=C2SC(SC)=C(SC)S2)c2ccc(C(C=C3SC(SC)=C(SC)S3)=C3SC(SC)=C(SC)S3)o2)S1. The third-order valence-electron chi connectivity index (χ3n) is 7.13. The van der Waals surface area contributed by atoms with Crippen molar-refractivity contribution >= 4 is 246 Å². The molecule has 0 saturated carbocycles. The van der Waals surface area contributed by atoms with Gasteiger partial charge >= 0.3 is 0 Å².